The second kappa shape index (κ2) is 7.70. The van der Waals surface area contributed by atoms with Gasteiger partial charge in [-0.2, -0.15) is 0 Å². The van der Waals surface area contributed by atoms with E-state index >= 15 is 0 Å². The van der Waals surface area contributed by atoms with Gasteiger partial charge in [0.2, 0.25) is 0 Å². The summed E-state index contributed by atoms with van der Waals surface area (Å²) in [5.74, 6) is 1.18. The number of nitro benzene ring substituents is 1. The number of non-ortho nitro benzene ring substituents is 1. The van der Waals surface area contributed by atoms with E-state index in [1.165, 1.54) is 27.8 Å². The Morgan fingerprint density at radius 2 is 2.00 bits per heavy atom. The molecular formula is C19H17N5O6. The predicted octanol–water partition coefficient (Wildman–Crippen LogP) is 2.12. The van der Waals surface area contributed by atoms with Gasteiger partial charge in [-0.05, 0) is 18.2 Å². The number of anilines is 1. The average molecular weight is 411 g/mol. The Labute approximate surface area is 170 Å². The van der Waals surface area contributed by atoms with Gasteiger partial charge in [-0.15, -0.1) is 5.10 Å². The third-order valence-corrected chi connectivity index (χ3v) is 4.59. The summed E-state index contributed by atoms with van der Waals surface area (Å²) >= 11 is 0. The summed E-state index contributed by atoms with van der Waals surface area (Å²) in [6, 6.07) is 9.39. The second-order valence-electron chi connectivity index (χ2n) is 6.37. The lowest BCUT2D eigenvalue weighted by Gasteiger charge is -2.28. The molecule has 0 atom stereocenters. The first-order chi connectivity index (χ1) is 14.5. The molecule has 1 amide bonds. The van der Waals surface area contributed by atoms with Crippen LogP contribution in [0.15, 0.2) is 42.6 Å². The number of amides is 1. The van der Waals surface area contributed by atoms with Crippen molar-refractivity contribution in [3.05, 3.63) is 58.4 Å². The maximum Gasteiger partial charge on any atom is 0.273 e. The summed E-state index contributed by atoms with van der Waals surface area (Å²) < 4.78 is 17.5. The number of methoxy groups -OCH3 is 2. The predicted molar refractivity (Wildman–Crippen MR) is 104 cm³/mol. The molecule has 0 unspecified atom stereocenters. The Bertz CT molecular complexity index is 1130. The third kappa shape index (κ3) is 3.48. The quantitative estimate of drug-likeness (QED) is 0.447. The molecule has 11 nitrogen and oxygen atoms in total. The molecule has 0 fully saturated rings. The van der Waals surface area contributed by atoms with Crippen molar-refractivity contribution in [2.24, 2.45) is 0 Å². The highest BCUT2D eigenvalue weighted by Gasteiger charge is 2.28. The van der Waals surface area contributed by atoms with Gasteiger partial charge in [-0.3, -0.25) is 19.8 Å². The fourth-order valence-electron chi connectivity index (χ4n) is 3.11. The first-order valence-electron chi connectivity index (χ1n) is 8.85. The molecular weight excluding hydrogens is 394 g/mol. The summed E-state index contributed by atoms with van der Waals surface area (Å²) in [5.41, 5.74) is 1.46. The van der Waals surface area contributed by atoms with Crippen molar-refractivity contribution in [3.63, 3.8) is 0 Å². The van der Waals surface area contributed by atoms with Crippen molar-refractivity contribution < 1.29 is 23.9 Å². The Hall–Kier alpha value is -4.15. The zero-order chi connectivity index (χ0) is 21.3. The van der Waals surface area contributed by atoms with Crippen LogP contribution in [-0.2, 0) is 11.3 Å². The molecule has 30 heavy (non-hydrogen) atoms. The van der Waals surface area contributed by atoms with E-state index in [0.717, 1.165) is 0 Å². The fraction of sp³-hybridized carbons (Fsp3) is 0.211. The van der Waals surface area contributed by atoms with Gasteiger partial charge in [0.05, 0.1) is 43.6 Å². The minimum absolute atomic E-state index is 0.112. The van der Waals surface area contributed by atoms with Gasteiger partial charge < -0.3 is 14.2 Å². The topological polar surface area (TPSA) is 122 Å². The van der Waals surface area contributed by atoms with Crippen LogP contribution < -0.4 is 19.1 Å². The highest BCUT2D eigenvalue weighted by atomic mass is 16.6. The van der Waals surface area contributed by atoms with Crippen molar-refractivity contribution in [1.82, 2.24) is 15.0 Å². The maximum absolute atomic E-state index is 12.4. The SMILES string of the molecule is COc1ccc(OC)c(-n2cc(CN3C(=O)COc4cc([N+](=O)[O-])ccc43)nn2)c1. The van der Waals surface area contributed by atoms with E-state index in [0.29, 0.717) is 28.6 Å². The Morgan fingerprint density at radius 3 is 2.73 bits per heavy atom. The molecule has 1 aliphatic rings. The van der Waals surface area contributed by atoms with Crippen molar-refractivity contribution in [2.45, 2.75) is 6.54 Å². The second-order valence-corrected chi connectivity index (χ2v) is 6.37. The van der Waals surface area contributed by atoms with Gasteiger partial charge in [0.1, 0.15) is 22.9 Å². The lowest BCUT2D eigenvalue weighted by atomic mass is 10.2. The molecule has 0 saturated carbocycles. The summed E-state index contributed by atoms with van der Waals surface area (Å²) in [6.45, 7) is -0.0920. The standard InChI is InChI=1S/C19H17N5O6/c1-28-14-4-6-17(29-2)16(8-14)23-10-12(20-21-23)9-22-15-5-3-13(24(26)27)7-18(15)30-11-19(22)25/h3-8,10H,9,11H2,1-2H3. The number of rotatable bonds is 6. The number of fused-ring (bicyclic) bond motifs is 1. The lowest BCUT2D eigenvalue weighted by Crippen LogP contribution is -2.38. The van der Waals surface area contributed by atoms with Crippen LogP contribution in [0, 0.1) is 10.1 Å². The highest BCUT2D eigenvalue weighted by Crippen LogP contribution is 2.36. The number of hydrogen-bond acceptors (Lipinski definition) is 8. The zero-order valence-electron chi connectivity index (χ0n) is 16.1. The molecule has 0 radical (unpaired) electrons. The minimum Gasteiger partial charge on any atom is -0.497 e. The molecule has 2 heterocycles. The van der Waals surface area contributed by atoms with Crippen LogP contribution >= 0.6 is 0 Å². The number of carbonyl (C=O) groups excluding carboxylic acids is 1. The van der Waals surface area contributed by atoms with E-state index in [1.807, 2.05) is 0 Å². The number of aromatic nitrogens is 3. The summed E-state index contributed by atoms with van der Waals surface area (Å²) in [4.78, 5) is 24.3. The van der Waals surface area contributed by atoms with Crippen LogP contribution in [0.5, 0.6) is 17.2 Å². The van der Waals surface area contributed by atoms with Crippen molar-refractivity contribution >= 4 is 17.3 Å². The van der Waals surface area contributed by atoms with Gasteiger partial charge in [0, 0.05) is 12.1 Å². The van der Waals surface area contributed by atoms with Crippen molar-refractivity contribution in [3.8, 4) is 22.9 Å². The van der Waals surface area contributed by atoms with Crippen molar-refractivity contribution in [2.75, 3.05) is 25.7 Å². The number of hydrogen-bond donors (Lipinski definition) is 0. The van der Waals surface area contributed by atoms with Crippen LogP contribution in [0.2, 0.25) is 0 Å². The molecule has 1 aliphatic heterocycles. The molecule has 0 saturated heterocycles. The molecule has 0 N–H and O–H groups in total. The highest BCUT2D eigenvalue weighted by molar-refractivity contribution is 5.97. The lowest BCUT2D eigenvalue weighted by molar-refractivity contribution is -0.384. The molecule has 11 heteroatoms. The van der Waals surface area contributed by atoms with Crippen LogP contribution in [0.1, 0.15) is 5.69 Å². The Kier molecular flexibility index (Phi) is 4.92. The monoisotopic (exact) mass is 411 g/mol. The van der Waals surface area contributed by atoms with E-state index < -0.39 is 4.92 Å². The third-order valence-electron chi connectivity index (χ3n) is 4.59. The largest absolute Gasteiger partial charge is 0.497 e. The molecule has 0 bridgehead atoms. The molecule has 2 aromatic carbocycles. The zero-order valence-corrected chi connectivity index (χ0v) is 16.1. The Balaban J connectivity index is 1.63. The maximum atomic E-state index is 12.4. The number of nitrogens with zero attached hydrogens (tertiary/aromatic N) is 5. The first-order valence-corrected chi connectivity index (χ1v) is 8.85. The summed E-state index contributed by atoms with van der Waals surface area (Å²) in [5, 5.41) is 19.3. The molecule has 0 spiro atoms. The molecule has 154 valence electrons. The molecule has 3 aromatic rings. The summed E-state index contributed by atoms with van der Waals surface area (Å²) in [6.07, 6.45) is 1.67. The number of benzene rings is 2. The van der Waals surface area contributed by atoms with Crippen LogP contribution in [0.3, 0.4) is 0 Å². The van der Waals surface area contributed by atoms with Gasteiger partial charge in [-0.1, -0.05) is 5.21 Å². The van der Waals surface area contributed by atoms with Crippen LogP contribution in [0.25, 0.3) is 5.69 Å². The van der Waals surface area contributed by atoms with Crippen LogP contribution in [0.4, 0.5) is 11.4 Å². The molecule has 1 aromatic heterocycles. The number of ether oxygens (including phenoxy) is 3. The first kappa shape index (κ1) is 19.2. The average Bonchev–Trinajstić information content (AvgIpc) is 3.23. The molecule has 4 rings (SSSR count). The summed E-state index contributed by atoms with van der Waals surface area (Å²) in [7, 11) is 3.11. The minimum atomic E-state index is -0.516. The molecule has 0 aliphatic carbocycles. The van der Waals surface area contributed by atoms with E-state index in [4.69, 9.17) is 14.2 Å². The normalized spacial score (nSPS) is 12.9. The van der Waals surface area contributed by atoms with E-state index in [2.05, 4.69) is 10.3 Å². The number of carbonyl (C=O) groups is 1. The number of nitro groups is 1. The fourth-order valence-corrected chi connectivity index (χ4v) is 3.11. The van der Waals surface area contributed by atoms with E-state index in [1.54, 1.807) is 38.6 Å². The smallest absolute Gasteiger partial charge is 0.273 e. The van der Waals surface area contributed by atoms with Gasteiger partial charge >= 0.3 is 0 Å². The van der Waals surface area contributed by atoms with Crippen LogP contribution in [-0.4, -0.2) is 46.7 Å². The van der Waals surface area contributed by atoms with Gasteiger partial charge in [0.25, 0.3) is 11.6 Å². The van der Waals surface area contributed by atoms with E-state index in [-0.39, 0.29) is 30.5 Å². The van der Waals surface area contributed by atoms with Gasteiger partial charge in [0.15, 0.2) is 12.4 Å². The van der Waals surface area contributed by atoms with E-state index in [9.17, 15) is 14.9 Å². The van der Waals surface area contributed by atoms with Gasteiger partial charge in [-0.25, -0.2) is 4.68 Å². The van der Waals surface area contributed by atoms with Crippen molar-refractivity contribution in [1.29, 1.82) is 0 Å². The Morgan fingerprint density at radius 1 is 1.17 bits per heavy atom.